The van der Waals surface area contributed by atoms with E-state index in [0.717, 1.165) is 38.5 Å². The Morgan fingerprint density at radius 1 is 1.12 bits per heavy atom. The van der Waals surface area contributed by atoms with Crippen molar-refractivity contribution in [1.82, 2.24) is 4.90 Å². The Labute approximate surface area is 144 Å². The fraction of sp³-hybridized carbons (Fsp3) is 0.632. The summed E-state index contributed by atoms with van der Waals surface area (Å²) >= 11 is 0. The van der Waals surface area contributed by atoms with E-state index >= 15 is 0 Å². The van der Waals surface area contributed by atoms with E-state index in [4.69, 9.17) is 0 Å². The molecule has 3 aliphatic rings. The van der Waals surface area contributed by atoms with Gasteiger partial charge in [-0.2, -0.15) is 0 Å². The second-order valence-electron chi connectivity index (χ2n) is 8.11. The molecule has 2 saturated carbocycles. The molecule has 1 aromatic rings. The molecule has 0 saturated heterocycles. The van der Waals surface area contributed by atoms with Gasteiger partial charge in [-0.15, -0.1) is 0 Å². The number of nitrogens with zero attached hydrogens (tertiary/aromatic N) is 1. The van der Waals surface area contributed by atoms with E-state index in [1.807, 2.05) is 0 Å². The quantitative estimate of drug-likeness (QED) is 0.794. The summed E-state index contributed by atoms with van der Waals surface area (Å²) in [6, 6.07) is 9.10. The average Bonchev–Trinajstić information content (AvgIpc) is 3.38. The lowest BCUT2D eigenvalue weighted by Crippen LogP contribution is -2.43. The number of fused-ring (bicyclic) bond motifs is 1. The van der Waals surface area contributed by atoms with E-state index in [-0.39, 0.29) is 23.1 Å². The SMILES string of the molecule is CS(=O)(=O)CC1(CC(=O)N(C2CC2)C2Cc3ccccc3C2)CC1. The molecule has 5 heteroatoms. The zero-order chi connectivity index (χ0) is 16.9. The highest BCUT2D eigenvalue weighted by atomic mass is 32.2. The van der Waals surface area contributed by atoms with Gasteiger partial charge in [-0.1, -0.05) is 24.3 Å². The number of carbonyl (C=O) groups is 1. The summed E-state index contributed by atoms with van der Waals surface area (Å²) in [7, 11) is -3.03. The Bertz CT molecular complexity index is 738. The van der Waals surface area contributed by atoms with Crippen LogP contribution in [0.1, 0.15) is 43.2 Å². The van der Waals surface area contributed by atoms with E-state index in [2.05, 4.69) is 29.2 Å². The molecule has 24 heavy (non-hydrogen) atoms. The van der Waals surface area contributed by atoms with E-state index in [9.17, 15) is 13.2 Å². The molecular weight excluding hydrogens is 322 g/mol. The van der Waals surface area contributed by atoms with Gasteiger partial charge in [0.15, 0.2) is 0 Å². The number of amides is 1. The summed E-state index contributed by atoms with van der Waals surface area (Å²) < 4.78 is 23.3. The predicted octanol–water partition coefficient (Wildman–Crippen LogP) is 2.36. The molecule has 3 aliphatic carbocycles. The van der Waals surface area contributed by atoms with Crippen LogP contribution in [-0.4, -0.2) is 43.3 Å². The van der Waals surface area contributed by atoms with Gasteiger partial charge >= 0.3 is 0 Å². The number of carbonyl (C=O) groups excluding carboxylic acids is 1. The van der Waals surface area contributed by atoms with Gasteiger partial charge in [0, 0.05) is 24.8 Å². The molecule has 1 aromatic carbocycles. The first-order valence-electron chi connectivity index (χ1n) is 8.91. The number of hydrogen-bond donors (Lipinski definition) is 0. The predicted molar refractivity (Wildman–Crippen MR) is 93.5 cm³/mol. The molecule has 0 unspecified atom stereocenters. The molecule has 0 spiro atoms. The normalized spacial score (nSPS) is 22.2. The third-order valence-corrected chi connectivity index (χ3v) is 6.84. The summed E-state index contributed by atoms with van der Waals surface area (Å²) in [6.07, 6.45) is 7.50. The zero-order valence-corrected chi connectivity index (χ0v) is 15.0. The van der Waals surface area contributed by atoms with Crippen molar-refractivity contribution in [1.29, 1.82) is 0 Å². The standard InChI is InChI=1S/C19H25NO3S/c1-24(22,23)13-19(8-9-19)12-18(21)20(16-6-7-16)17-10-14-4-2-3-5-15(14)11-17/h2-5,16-17H,6-13H2,1H3. The summed E-state index contributed by atoms with van der Waals surface area (Å²) in [5.41, 5.74) is 2.44. The van der Waals surface area contributed by atoms with E-state index in [0.29, 0.717) is 12.5 Å². The molecule has 2 fully saturated rings. The monoisotopic (exact) mass is 347 g/mol. The second kappa shape index (κ2) is 5.58. The molecule has 4 rings (SSSR count). The van der Waals surface area contributed by atoms with E-state index in [1.165, 1.54) is 17.4 Å². The van der Waals surface area contributed by atoms with Gasteiger partial charge in [-0.3, -0.25) is 4.79 Å². The maximum atomic E-state index is 13.0. The van der Waals surface area contributed by atoms with Gasteiger partial charge in [-0.05, 0) is 55.1 Å². The van der Waals surface area contributed by atoms with Crippen molar-refractivity contribution in [2.45, 2.75) is 57.0 Å². The first-order valence-corrected chi connectivity index (χ1v) is 11.0. The van der Waals surface area contributed by atoms with Crippen molar-refractivity contribution < 1.29 is 13.2 Å². The molecule has 0 bridgehead atoms. The van der Waals surface area contributed by atoms with Gasteiger partial charge in [-0.25, -0.2) is 8.42 Å². The lowest BCUT2D eigenvalue weighted by Gasteiger charge is -2.31. The fourth-order valence-corrected chi connectivity index (χ4v) is 5.81. The van der Waals surface area contributed by atoms with Gasteiger partial charge < -0.3 is 4.90 Å². The molecule has 0 atom stereocenters. The molecule has 0 aliphatic heterocycles. The zero-order valence-electron chi connectivity index (χ0n) is 14.2. The highest BCUT2D eigenvalue weighted by Gasteiger charge is 2.49. The first-order chi connectivity index (χ1) is 11.4. The molecule has 0 heterocycles. The van der Waals surface area contributed by atoms with Crippen LogP contribution < -0.4 is 0 Å². The van der Waals surface area contributed by atoms with Crippen LogP contribution in [0.5, 0.6) is 0 Å². The average molecular weight is 347 g/mol. The van der Waals surface area contributed by atoms with Crippen molar-refractivity contribution >= 4 is 15.7 Å². The van der Waals surface area contributed by atoms with Crippen molar-refractivity contribution in [3.8, 4) is 0 Å². The van der Waals surface area contributed by atoms with E-state index in [1.54, 1.807) is 0 Å². The molecule has 0 N–H and O–H groups in total. The van der Waals surface area contributed by atoms with Crippen LogP contribution in [0.15, 0.2) is 24.3 Å². The highest BCUT2D eigenvalue weighted by molar-refractivity contribution is 7.90. The minimum atomic E-state index is -3.03. The Morgan fingerprint density at radius 2 is 1.71 bits per heavy atom. The molecule has 130 valence electrons. The van der Waals surface area contributed by atoms with E-state index < -0.39 is 9.84 Å². The van der Waals surface area contributed by atoms with Crippen molar-refractivity contribution in [2.75, 3.05) is 12.0 Å². The van der Waals surface area contributed by atoms with Gasteiger partial charge in [0.2, 0.25) is 5.91 Å². The maximum Gasteiger partial charge on any atom is 0.223 e. The lowest BCUT2D eigenvalue weighted by atomic mass is 10.0. The minimum Gasteiger partial charge on any atom is -0.336 e. The highest BCUT2D eigenvalue weighted by Crippen LogP contribution is 2.51. The molecule has 1 amide bonds. The van der Waals surface area contributed by atoms with Gasteiger partial charge in [0.25, 0.3) is 0 Å². The molecule has 4 nitrogen and oxygen atoms in total. The Hall–Kier alpha value is -1.36. The van der Waals surface area contributed by atoms with Crippen molar-refractivity contribution in [2.24, 2.45) is 5.41 Å². The summed E-state index contributed by atoms with van der Waals surface area (Å²) in [6.45, 7) is 0. The number of rotatable bonds is 6. The van der Waals surface area contributed by atoms with Crippen LogP contribution in [0.2, 0.25) is 0 Å². The topological polar surface area (TPSA) is 54.5 Å². The lowest BCUT2D eigenvalue weighted by molar-refractivity contribution is -0.135. The van der Waals surface area contributed by atoms with Crippen LogP contribution in [0, 0.1) is 5.41 Å². The molecular formula is C19H25NO3S. The molecule has 0 aromatic heterocycles. The number of benzene rings is 1. The van der Waals surface area contributed by atoms with Crippen molar-refractivity contribution in [3.05, 3.63) is 35.4 Å². The largest absolute Gasteiger partial charge is 0.336 e. The summed E-state index contributed by atoms with van der Waals surface area (Å²) in [5.74, 6) is 0.339. The number of hydrogen-bond acceptors (Lipinski definition) is 3. The Kier molecular flexibility index (Phi) is 3.75. The fourth-order valence-electron chi connectivity index (χ4n) is 4.31. The van der Waals surface area contributed by atoms with Crippen LogP contribution in [-0.2, 0) is 27.5 Å². The Morgan fingerprint density at radius 3 is 2.17 bits per heavy atom. The van der Waals surface area contributed by atoms with Crippen LogP contribution in [0.4, 0.5) is 0 Å². The smallest absolute Gasteiger partial charge is 0.223 e. The maximum absolute atomic E-state index is 13.0. The summed E-state index contributed by atoms with van der Waals surface area (Å²) in [4.78, 5) is 15.1. The van der Waals surface area contributed by atoms with Gasteiger partial charge in [0.05, 0.1) is 5.75 Å². The minimum absolute atomic E-state index is 0.162. The Balaban J connectivity index is 1.48. The third kappa shape index (κ3) is 3.37. The molecule has 0 radical (unpaired) electrons. The van der Waals surface area contributed by atoms with Crippen LogP contribution in [0.25, 0.3) is 0 Å². The van der Waals surface area contributed by atoms with Crippen LogP contribution >= 0.6 is 0 Å². The first kappa shape index (κ1) is 16.1. The van der Waals surface area contributed by atoms with Gasteiger partial charge in [0.1, 0.15) is 9.84 Å². The summed E-state index contributed by atoms with van der Waals surface area (Å²) in [5, 5.41) is 0. The third-order valence-electron chi connectivity index (χ3n) is 5.70. The van der Waals surface area contributed by atoms with Crippen molar-refractivity contribution in [3.63, 3.8) is 0 Å². The van der Waals surface area contributed by atoms with Crippen LogP contribution in [0.3, 0.4) is 0 Å². The second-order valence-corrected chi connectivity index (χ2v) is 10.3. The number of sulfone groups is 1.